The second kappa shape index (κ2) is 7.88. The van der Waals surface area contributed by atoms with Crippen LogP contribution >= 0.6 is 0 Å². The largest absolute Gasteiger partial charge is 0.326 e. The van der Waals surface area contributed by atoms with E-state index in [0.717, 1.165) is 30.6 Å². The van der Waals surface area contributed by atoms with Crippen molar-refractivity contribution < 1.29 is 4.79 Å². The van der Waals surface area contributed by atoms with Crippen molar-refractivity contribution in [1.29, 1.82) is 0 Å². The number of anilines is 1. The molecule has 0 radical (unpaired) electrons. The van der Waals surface area contributed by atoms with Crippen LogP contribution in [0.15, 0.2) is 24.3 Å². The summed E-state index contributed by atoms with van der Waals surface area (Å²) >= 11 is 0. The normalized spacial score (nSPS) is 12.2. The molecule has 0 heterocycles. The minimum Gasteiger partial charge on any atom is -0.326 e. The first-order chi connectivity index (χ1) is 8.69. The number of unbranched alkanes of at least 4 members (excludes halogenated alkanes) is 1. The number of amides is 1. The number of carbonyl (C=O) groups is 1. The fourth-order valence-electron chi connectivity index (χ4n) is 1.95. The van der Waals surface area contributed by atoms with Gasteiger partial charge >= 0.3 is 0 Å². The molecule has 1 unspecified atom stereocenters. The van der Waals surface area contributed by atoms with Crippen molar-refractivity contribution in [2.45, 2.75) is 46.1 Å². The quantitative estimate of drug-likeness (QED) is 0.775. The molecule has 1 rings (SSSR count). The van der Waals surface area contributed by atoms with E-state index in [4.69, 9.17) is 0 Å². The lowest BCUT2D eigenvalue weighted by Gasteiger charge is -2.17. The SMILES string of the molecule is CCCCC(=O)Nc1ccccc1C(C)NCC. The summed E-state index contributed by atoms with van der Waals surface area (Å²) in [6, 6.07) is 8.23. The summed E-state index contributed by atoms with van der Waals surface area (Å²) in [5.74, 6) is 0.105. The fraction of sp³-hybridized carbons (Fsp3) is 0.533. The molecule has 3 heteroatoms. The molecule has 2 N–H and O–H groups in total. The van der Waals surface area contributed by atoms with Crippen molar-refractivity contribution in [3.8, 4) is 0 Å². The summed E-state index contributed by atoms with van der Waals surface area (Å²) in [5, 5.41) is 6.37. The van der Waals surface area contributed by atoms with Gasteiger partial charge in [0.1, 0.15) is 0 Å². The Morgan fingerprint density at radius 2 is 2.00 bits per heavy atom. The highest BCUT2D eigenvalue weighted by Crippen LogP contribution is 2.22. The number of benzene rings is 1. The Morgan fingerprint density at radius 1 is 1.28 bits per heavy atom. The van der Waals surface area contributed by atoms with Gasteiger partial charge in [-0.1, -0.05) is 38.5 Å². The van der Waals surface area contributed by atoms with Crippen LogP contribution < -0.4 is 10.6 Å². The van der Waals surface area contributed by atoms with E-state index in [1.54, 1.807) is 0 Å². The van der Waals surface area contributed by atoms with Crippen molar-refractivity contribution in [2.75, 3.05) is 11.9 Å². The first kappa shape index (κ1) is 14.7. The van der Waals surface area contributed by atoms with Gasteiger partial charge in [-0.25, -0.2) is 0 Å². The highest BCUT2D eigenvalue weighted by atomic mass is 16.1. The maximum Gasteiger partial charge on any atom is 0.224 e. The van der Waals surface area contributed by atoms with Crippen LogP contribution in [0.1, 0.15) is 51.6 Å². The molecule has 0 aliphatic heterocycles. The van der Waals surface area contributed by atoms with E-state index in [2.05, 4.69) is 37.5 Å². The third-order valence-corrected chi connectivity index (χ3v) is 2.97. The fourth-order valence-corrected chi connectivity index (χ4v) is 1.95. The first-order valence-electron chi connectivity index (χ1n) is 6.81. The number of hydrogen-bond acceptors (Lipinski definition) is 2. The number of hydrogen-bond donors (Lipinski definition) is 2. The van der Waals surface area contributed by atoms with Crippen LogP contribution in [-0.4, -0.2) is 12.5 Å². The number of para-hydroxylation sites is 1. The Morgan fingerprint density at radius 3 is 2.67 bits per heavy atom. The number of rotatable bonds is 7. The third kappa shape index (κ3) is 4.49. The number of nitrogens with one attached hydrogen (secondary N) is 2. The summed E-state index contributed by atoms with van der Waals surface area (Å²) in [6.45, 7) is 7.20. The Labute approximate surface area is 110 Å². The molecule has 1 aromatic carbocycles. The second-order valence-electron chi connectivity index (χ2n) is 4.52. The predicted molar refractivity (Wildman–Crippen MR) is 76.7 cm³/mol. The summed E-state index contributed by atoms with van der Waals surface area (Å²) in [4.78, 5) is 11.8. The molecule has 1 atom stereocenters. The molecule has 18 heavy (non-hydrogen) atoms. The zero-order valence-corrected chi connectivity index (χ0v) is 11.6. The topological polar surface area (TPSA) is 41.1 Å². The molecule has 1 aromatic rings. The monoisotopic (exact) mass is 248 g/mol. The van der Waals surface area contributed by atoms with E-state index in [9.17, 15) is 4.79 Å². The lowest BCUT2D eigenvalue weighted by atomic mass is 10.1. The van der Waals surface area contributed by atoms with E-state index in [1.807, 2.05) is 18.2 Å². The van der Waals surface area contributed by atoms with Crippen LogP contribution in [0.25, 0.3) is 0 Å². The van der Waals surface area contributed by atoms with E-state index >= 15 is 0 Å². The standard InChI is InChI=1S/C15H24N2O/c1-4-6-11-15(18)17-14-10-8-7-9-13(14)12(3)16-5-2/h7-10,12,16H,4-6,11H2,1-3H3,(H,17,18). The number of carbonyl (C=O) groups excluding carboxylic acids is 1. The second-order valence-corrected chi connectivity index (χ2v) is 4.52. The molecule has 0 saturated heterocycles. The van der Waals surface area contributed by atoms with Gasteiger partial charge in [-0.05, 0) is 31.5 Å². The molecule has 3 nitrogen and oxygen atoms in total. The zero-order valence-electron chi connectivity index (χ0n) is 11.6. The molecule has 0 aliphatic carbocycles. The molecule has 1 amide bonds. The molecule has 0 fully saturated rings. The van der Waals surface area contributed by atoms with Gasteiger partial charge in [0.2, 0.25) is 5.91 Å². The average molecular weight is 248 g/mol. The summed E-state index contributed by atoms with van der Waals surface area (Å²) in [7, 11) is 0. The summed E-state index contributed by atoms with van der Waals surface area (Å²) in [6.07, 6.45) is 2.58. The Balaban J connectivity index is 2.72. The first-order valence-corrected chi connectivity index (χ1v) is 6.81. The highest BCUT2D eigenvalue weighted by Gasteiger charge is 2.10. The lowest BCUT2D eigenvalue weighted by molar-refractivity contribution is -0.116. The van der Waals surface area contributed by atoms with Crippen molar-refractivity contribution >= 4 is 11.6 Å². The third-order valence-electron chi connectivity index (χ3n) is 2.97. The minimum absolute atomic E-state index is 0.105. The highest BCUT2D eigenvalue weighted by molar-refractivity contribution is 5.91. The van der Waals surface area contributed by atoms with Crippen molar-refractivity contribution in [2.24, 2.45) is 0 Å². The predicted octanol–water partition coefficient (Wildman–Crippen LogP) is 3.49. The maximum absolute atomic E-state index is 11.8. The van der Waals surface area contributed by atoms with Crippen LogP contribution in [0.2, 0.25) is 0 Å². The van der Waals surface area contributed by atoms with Gasteiger partial charge in [-0.15, -0.1) is 0 Å². The average Bonchev–Trinajstić information content (AvgIpc) is 2.37. The van der Waals surface area contributed by atoms with Crippen molar-refractivity contribution in [3.63, 3.8) is 0 Å². The van der Waals surface area contributed by atoms with Gasteiger partial charge in [0.25, 0.3) is 0 Å². The van der Waals surface area contributed by atoms with E-state index in [0.29, 0.717) is 6.42 Å². The van der Waals surface area contributed by atoms with Gasteiger partial charge in [0, 0.05) is 18.2 Å². The maximum atomic E-state index is 11.8. The van der Waals surface area contributed by atoms with Gasteiger partial charge < -0.3 is 10.6 Å². The van der Waals surface area contributed by atoms with Crippen LogP contribution in [0.3, 0.4) is 0 Å². The van der Waals surface area contributed by atoms with Crippen LogP contribution in [0.4, 0.5) is 5.69 Å². The van der Waals surface area contributed by atoms with Crippen molar-refractivity contribution in [1.82, 2.24) is 5.32 Å². The lowest BCUT2D eigenvalue weighted by Crippen LogP contribution is -2.20. The Bertz CT molecular complexity index is 377. The van der Waals surface area contributed by atoms with E-state index < -0.39 is 0 Å². The van der Waals surface area contributed by atoms with Crippen molar-refractivity contribution in [3.05, 3.63) is 29.8 Å². The van der Waals surface area contributed by atoms with Gasteiger partial charge in [-0.2, -0.15) is 0 Å². The van der Waals surface area contributed by atoms with E-state index in [-0.39, 0.29) is 11.9 Å². The molecule has 100 valence electrons. The molecule has 0 saturated carbocycles. The molecule has 0 bridgehead atoms. The van der Waals surface area contributed by atoms with Gasteiger partial charge in [0.05, 0.1) is 0 Å². The van der Waals surface area contributed by atoms with E-state index in [1.165, 1.54) is 0 Å². The summed E-state index contributed by atoms with van der Waals surface area (Å²) < 4.78 is 0. The van der Waals surface area contributed by atoms with Crippen LogP contribution in [0.5, 0.6) is 0 Å². The smallest absolute Gasteiger partial charge is 0.224 e. The molecule has 0 spiro atoms. The Hall–Kier alpha value is -1.35. The van der Waals surface area contributed by atoms with Gasteiger partial charge in [0.15, 0.2) is 0 Å². The molecule has 0 aliphatic rings. The van der Waals surface area contributed by atoms with Gasteiger partial charge in [-0.3, -0.25) is 4.79 Å². The molecular formula is C15H24N2O. The summed E-state index contributed by atoms with van der Waals surface area (Å²) in [5.41, 5.74) is 2.07. The molecule has 0 aromatic heterocycles. The van der Waals surface area contributed by atoms with Crippen LogP contribution in [-0.2, 0) is 4.79 Å². The van der Waals surface area contributed by atoms with Crippen LogP contribution in [0, 0.1) is 0 Å². The molecular weight excluding hydrogens is 224 g/mol. The Kier molecular flexibility index (Phi) is 6.44. The minimum atomic E-state index is 0.105. The zero-order chi connectivity index (χ0) is 13.4.